The van der Waals surface area contributed by atoms with Crippen molar-refractivity contribution in [1.82, 2.24) is 9.80 Å². The highest BCUT2D eigenvalue weighted by atomic mass is 16.2. The number of carbonyl (C=O) groups excluding carboxylic acids is 1. The van der Waals surface area contributed by atoms with Gasteiger partial charge in [-0.2, -0.15) is 0 Å². The zero-order chi connectivity index (χ0) is 12.3. The average molecular weight is 244 g/mol. The summed E-state index contributed by atoms with van der Waals surface area (Å²) in [6.07, 6.45) is 9.39. The zero-order valence-corrected chi connectivity index (χ0v) is 10.7. The van der Waals surface area contributed by atoms with Gasteiger partial charge in [0.2, 0.25) is 5.91 Å². The van der Waals surface area contributed by atoms with Crippen LogP contribution in [0.5, 0.6) is 0 Å². The van der Waals surface area contributed by atoms with Crippen molar-refractivity contribution in [2.75, 3.05) is 19.6 Å². The Labute approximate surface area is 108 Å². The molecule has 1 unspecified atom stereocenters. The number of piperidine rings is 2. The van der Waals surface area contributed by atoms with E-state index in [0.29, 0.717) is 30.2 Å². The summed E-state index contributed by atoms with van der Waals surface area (Å²) >= 11 is 0. The summed E-state index contributed by atoms with van der Waals surface area (Å²) in [5.74, 6) is 1.68. The molecule has 3 heteroatoms. The molecule has 0 aliphatic carbocycles. The molecule has 0 aromatic heterocycles. The van der Waals surface area contributed by atoms with Crippen LogP contribution in [0.15, 0.2) is 24.8 Å². The van der Waals surface area contributed by atoms with E-state index in [1.165, 1.54) is 19.5 Å². The van der Waals surface area contributed by atoms with Crippen LogP contribution in [0.3, 0.4) is 0 Å². The predicted molar refractivity (Wildman–Crippen MR) is 70.0 cm³/mol. The fourth-order valence-corrected chi connectivity index (χ4v) is 4.95. The molecule has 96 valence electrons. The van der Waals surface area contributed by atoms with Gasteiger partial charge in [-0.1, -0.05) is 18.2 Å². The molecule has 3 fully saturated rings. The molecule has 18 heavy (non-hydrogen) atoms. The van der Waals surface area contributed by atoms with Crippen LogP contribution in [0.4, 0.5) is 0 Å². The molecule has 0 aromatic carbocycles. The molecule has 1 amide bonds. The number of carbonyl (C=O) groups is 1. The van der Waals surface area contributed by atoms with Crippen molar-refractivity contribution in [3.8, 4) is 0 Å². The SMILES string of the molecule is C=CC[C@@H]1N2C[C@@H]3C[C@H](C2)[C@]12C=CCC(=O)N2C3. The minimum atomic E-state index is -0.00345. The highest BCUT2D eigenvalue weighted by Gasteiger charge is 2.62. The lowest BCUT2D eigenvalue weighted by molar-refractivity contribution is -0.141. The Hall–Kier alpha value is -1.09. The molecule has 0 N–H and O–H groups in total. The van der Waals surface area contributed by atoms with Crippen LogP contribution in [0.2, 0.25) is 0 Å². The van der Waals surface area contributed by atoms with Gasteiger partial charge in [-0.15, -0.1) is 6.58 Å². The van der Waals surface area contributed by atoms with Gasteiger partial charge in [-0.3, -0.25) is 9.69 Å². The largest absolute Gasteiger partial charge is 0.331 e. The Morgan fingerprint density at radius 1 is 1.44 bits per heavy atom. The third-order valence-electron chi connectivity index (χ3n) is 5.47. The highest BCUT2D eigenvalue weighted by molar-refractivity contribution is 5.81. The standard InChI is InChI=1S/C15H20N2O/c1-2-4-13-15-6-3-5-14(18)17(15)9-11-7-12(15)10-16(13)8-11/h2-3,6,11-13H,1,4-5,7-10H2/t11-,12+,13-,15+/m0/s1. The second-order valence-electron chi connectivity index (χ2n) is 6.29. The number of hydrogen-bond donors (Lipinski definition) is 0. The summed E-state index contributed by atoms with van der Waals surface area (Å²) in [4.78, 5) is 17.1. The maximum atomic E-state index is 12.3. The van der Waals surface area contributed by atoms with Gasteiger partial charge in [-0.05, 0) is 18.8 Å². The summed E-state index contributed by atoms with van der Waals surface area (Å²) in [7, 11) is 0. The van der Waals surface area contributed by atoms with E-state index < -0.39 is 0 Å². The zero-order valence-electron chi connectivity index (χ0n) is 10.7. The molecule has 4 heterocycles. The summed E-state index contributed by atoms with van der Waals surface area (Å²) in [5.41, 5.74) is -0.00345. The predicted octanol–water partition coefficient (Wildman–Crippen LogP) is 1.42. The van der Waals surface area contributed by atoms with Gasteiger partial charge in [0, 0.05) is 38.0 Å². The minimum absolute atomic E-state index is 0.00345. The molecule has 3 saturated heterocycles. The first-order chi connectivity index (χ1) is 8.75. The molecule has 3 nitrogen and oxygen atoms in total. The van der Waals surface area contributed by atoms with E-state index in [1.807, 2.05) is 6.08 Å². The lowest BCUT2D eigenvalue weighted by Gasteiger charge is -2.52. The second kappa shape index (κ2) is 3.47. The first-order valence-corrected chi connectivity index (χ1v) is 7.09. The molecular formula is C15H20N2O. The van der Waals surface area contributed by atoms with Crippen LogP contribution in [0.25, 0.3) is 0 Å². The molecular weight excluding hydrogens is 224 g/mol. The normalized spacial score (nSPS) is 48.4. The Kier molecular flexibility index (Phi) is 2.08. The molecule has 0 radical (unpaired) electrons. The topological polar surface area (TPSA) is 23.6 Å². The van der Waals surface area contributed by atoms with Crippen molar-refractivity contribution in [3.05, 3.63) is 24.8 Å². The van der Waals surface area contributed by atoms with Crippen molar-refractivity contribution in [3.63, 3.8) is 0 Å². The second-order valence-corrected chi connectivity index (χ2v) is 6.29. The van der Waals surface area contributed by atoms with Crippen molar-refractivity contribution >= 4 is 5.91 Å². The number of rotatable bonds is 2. The number of nitrogens with zero attached hydrogens (tertiary/aromatic N) is 2. The first-order valence-electron chi connectivity index (χ1n) is 7.09. The lowest BCUT2D eigenvalue weighted by atomic mass is 9.70. The Bertz CT molecular complexity index is 444. The van der Waals surface area contributed by atoms with Crippen molar-refractivity contribution in [2.45, 2.75) is 30.8 Å². The molecule has 0 aromatic rings. The van der Waals surface area contributed by atoms with Crippen LogP contribution in [0, 0.1) is 11.8 Å². The first kappa shape index (κ1) is 10.8. The van der Waals surface area contributed by atoms with Gasteiger partial charge in [0.25, 0.3) is 0 Å². The highest BCUT2D eigenvalue weighted by Crippen LogP contribution is 2.53. The Morgan fingerprint density at radius 3 is 3.17 bits per heavy atom. The van der Waals surface area contributed by atoms with Gasteiger partial charge >= 0.3 is 0 Å². The lowest BCUT2D eigenvalue weighted by Crippen LogP contribution is -2.63. The Morgan fingerprint density at radius 2 is 2.33 bits per heavy atom. The van der Waals surface area contributed by atoms with Gasteiger partial charge in [0.1, 0.15) is 0 Å². The maximum absolute atomic E-state index is 12.3. The number of hydrogen-bond acceptors (Lipinski definition) is 2. The molecule has 0 saturated carbocycles. The summed E-state index contributed by atoms with van der Waals surface area (Å²) in [6, 6.07) is 0.466. The molecule has 4 aliphatic rings. The monoisotopic (exact) mass is 244 g/mol. The summed E-state index contributed by atoms with van der Waals surface area (Å²) < 4.78 is 0. The smallest absolute Gasteiger partial charge is 0.227 e. The third-order valence-corrected chi connectivity index (χ3v) is 5.47. The quantitative estimate of drug-likeness (QED) is 0.686. The van der Waals surface area contributed by atoms with Crippen molar-refractivity contribution < 1.29 is 4.79 Å². The van der Waals surface area contributed by atoms with E-state index in [1.54, 1.807) is 0 Å². The van der Waals surface area contributed by atoms with Gasteiger partial charge in [-0.25, -0.2) is 0 Å². The summed E-state index contributed by atoms with van der Waals surface area (Å²) in [6.45, 7) is 7.24. The molecule has 5 atom stereocenters. The van der Waals surface area contributed by atoms with Gasteiger partial charge < -0.3 is 4.90 Å². The van der Waals surface area contributed by atoms with Gasteiger partial charge in [0.05, 0.1) is 5.54 Å². The van der Waals surface area contributed by atoms with Crippen molar-refractivity contribution in [2.24, 2.45) is 11.8 Å². The van der Waals surface area contributed by atoms with Crippen LogP contribution in [0.1, 0.15) is 19.3 Å². The number of fused-ring (bicyclic) bond motifs is 2. The average Bonchev–Trinajstić information content (AvgIpc) is 2.50. The van der Waals surface area contributed by atoms with E-state index in [4.69, 9.17) is 0 Å². The molecule has 4 rings (SSSR count). The Balaban J connectivity index is 1.87. The van der Waals surface area contributed by atoms with Crippen molar-refractivity contribution in [1.29, 1.82) is 0 Å². The fourth-order valence-electron chi connectivity index (χ4n) is 4.95. The molecule has 4 aliphatic heterocycles. The minimum Gasteiger partial charge on any atom is -0.331 e. The van der Waals surface area contributed by atoms with E-state index in [0.717, 1.165) is 13.0 Å². The van der Waals surface area contributed by atoms with Crippen LogP contribution < -0.4 is 0 Å². The number of amides is 1. The van der Waals surface area contributed by atoms with E-state index in [9.17, 15) is 4.79 Å². The fraction of sp³-hybridized carbons (Fsp3) is 0.667. The van der Waals surface area contributed by atoms with E-state index >= 15 is 0 Å². The van der Waals surface area contributed by atoms with E-state index in [2.05, 4.69) is 28.5 Å². The summed E-state index contributed by atoms with van der Waals surface area (Å²) in [5, 5.41) is 0. The molecule has 3 bridgehead atoms. The third kappa shape index (κ3) is 1.11. The van der Waals surface area contributed by atoms with Crippen LogP contribution in [-0.2, 0) is 4.79 Å². The van der Waals surface area contributed by atoms with Crippen LogP contribution >= 0.6 is 0 Å². The van der Waals surface area contributed by atoms with Gasteiger partial charge in [0.15, 0.2) is 0 Å². The van der Waals surface area contributed by atoms with E-state index in [-0.39, 0.29) is 5.54 Å². The van der Waals surface area contributed by atoms with Crippen LogP contribution in [-0.4, -0.2) is 46.9 Å². The maximum Gasteiger partial charge on any atom is 0.227 e. The molecule has 1 spiro atoms.